The van der Waals surface area contributed by atoms with Gasteiger partial charge in [0.15, 0.2) is 5.82 Å². The van der Waals surface area contributed by atoms with Crippen LogP contribution in [0.2, 0.25) is 0 Å². The number of hydrogen-bond acceptors (Lipinski definition) is 6. The summed E-state index contributed by atoms with van der Waals surface area (Å²) in [4.78, 5) is 0.953. The Labute approximate surface area is 161 Å². The molecule has 0 amide bonds. The maximum atomic E-state index is 13.3. The number of rotatable bonds is 6. The summed E-state index contributed by atoms with van der Waals surface area (Å²) in [6.07, 6.45) is 0.394. The van der Waals surface area contributed by atoms with E-state index in [0.717, 1.165) is 5.56 Å². The molecule has 0 bridgehead atoms. The van der Waals surface area contributed by atoms with Crippen molar-refractivity contribution < 1.29 is 8.42 Å². The van der Waals surface area contributed by atoms with Crippen LogP contribution < -0.4 is 4.31 Å². The third kappa shape index (κ3) is 3.43. The summed E-state index contributed by atoms with van der Waals surface area (Å²) in [5.74, 6) is 0.631. The molecule has 0 atom stereocenters. The number of aryl methyl sites for hydroxylation is 1. The molecule has 27 heavy (non-hydrogen) atoms. The Bertz CT molecular complexity index is 1150. The first-order valence-electron chi connectivity index (χ1n) is 8.34. The molecular weight excluding hydrogens is 382 g/mol. The van der Waals surface area contributed by atoms with Gasteiger partial charge in [0.1, 0.15) is 5.51 Å². The van der Waals surface area contributed by atoms with Gasteiger partial charge in [0.25, 0.3) is 10.0 Å². The van der Waals surface area contributed by atoms with E-state index in [1.54, 1.807) is 46.4 Å². The van der Waals surface area contributed by atoms with Crippen molar-refractivity contribution in [2.24, 2.45) is 0 Å². The minimum atomic E-state index is -3.71. The summed E-state index contributed by atoms with van der Waals surface area (Å²) in [5.41, 5.74) is 3.30. The van der Waals surface area contributed by atoms with E-state index in [1.807, 2.05) is 25.1 Å². The monoisotopic (exact) mass is 399 g/mol. The molecule has 0 aliphatic rings. The molecule has 9 heteroatoms. The lowest BCUT2D eigenvalue weighted by atomic mass is 10.2. The van der Waals surface area contributed by atoms with Gasteiger partial charge in [-0.15, -0.1) is 10.2 Å². The highest BCUT2D eigenvalue weighted by molar-refractivity contribution is 7.92. The molecule has 0 aliphatic heterocycles. The molecule has 0 fully saturated rings. The lowest BCUT2D eigenvalue weighted by Gasteiger charge is -2.24. The maximum absolute atomic E-state index is 13.3. The average Bonchev–Trinajstić information content (AvgIpc) is 3.28. The largest absolute Gasteiger partial charge is 0.266 e. The Kier molecular flexibility index (Phi) is 4.63. The molecule has 0 saturated carbocycles. The Balaban J connectivity index is 1.69. The fourth-order valence-corrected chi connectivity index (χ4v) is 4.82. The van der Waals surface area contributed by atoms with Gasteiger partial charge in [-0.05, 0) is 31.2 Å². The number of benzene rings is 2. The van der Waals surface area contributed by atoms with Crippen LogP contribution in [0.1, 0.15) is 11.4 Å². The van der Waals surface area contributed by atoms with Gasteiger partial charge in [0.2, 0.25) is 4.96 Å². The highest BCUT2D eigenvalue weighted by atomic mass is 32.2. The summed E-state index contributed by atoms with van der Waals surface area (Å²) in [6, 6.07) is 15.9. The molecule has 2 aromatic heterocycles. The van der Waals surface area contributed by atoms with Gasteiger partial charge in [-0.3, -0.25) is 4.31 Å². The molecule has 0 N–H and O–H groups in total. The zero-order valence-corrected chi connectivity index (χ0v) is 16.2. The molecule has 0 unspecified atom stereocenters. The smallest absolute Gasteiger partial charge is 0.264 e. The maximum Gasteiger partial charge on any atom is 0.264 e. The fourth-order valence-electron chi connectivity index (χ4n) is 2.78. The van der Waals surface area contributed by atoms with Crippen molar-refractivity contribution in [1.29, 1.82) is 0 Å². The van der Waals surface area contributed by atoms with E-state index in [-0.39, 0.29) is 11.4 Å². The van der Waals surface area contributed by atoms with E-state index in [9.17, 15) is 8.42 Å². The molecule has 0 radical (unpaired) electrons. The van der Waals surface area contributed by atoms with Gasteiger partial charge in [-0.2, -0.15) is 9.61 Å². The molecule has 0 aliphatic carbocycles. The lowest BCUT2D eigenvalue weighted by molar-refractivity contribution is 0.589. The number of hydrogen-bond donors (Lipinski definition) is 0. The minimum absolute atomic E-state index is 0.235. The third-order valence-electron chi connectivity index (χ3n) is 4.19. The molecule has 4 rings (SSSR count). The van der Waals surface area contributed by atoms with Crippen LogP contribution in [-0.4, -0.2) is 34.8 Å². The quantitative estimate of drug-likeness (QED) is 0.498. The zero-order chi connectivity index (χ0) is 18.9. The van der Waals surface area contributed by atoms with Gasteiger partial charge in [0.05, 0.1) is 10.6 Å². The summed E-state index contributed by atoms with van der Waals surface area (Å²) in [5, 5.41) is 12.4. The summed E-state index contributed by atoms with van der Waals surface area (Å²) in [7, 11) is -3.71. The highest BCUT2D eigenvalue weighted by Crippen LogP contribution is 2.24. The van der Waals surface area contributed by atoms with E-state index < -0.39 is 10.0 Å². The van der Waals surface area contributed by atoms with Gasteiger partial charge in [0, 0.05) is 13.0 Å². The normalized spacial score (nSPS) is 11.7. The Morgan fingerprint density at radius 2 is 1.78 bits per heavy atom. The number of fused-ring (bicyclic) bond motifs is 1. The second kappa shape index (κ2) is 7.09. The van der Waals surface area contributed by atoms with Gasteiger partial charge >= 0.3 is 0 Å². The number of nitrogens with zero attached hydrogens (tertiary/aromatic N) is 5. The molecular formula is C18H17N5O2S2. The summed E-state index contributed by atoms with van der Waals surface area (Å²) in [6.45, 7) is 2.16. The average molecular weight is 400 g/mol. The molecule has 2 aromatic carbocycles. The van der Waals surface area contributed by atoms with Crippen LogP contribution in [-0.2, 0) is 16.4 Å². The second-order valence-corrected chi connectivity index (χ2v) is 8.70. The predicted molar refractivity (Wildman–Crippen MR) is 105 cm³/mol. The predicted octanol–water partition coefficient (Wildman–Crippen LogP) is 2.93. The van der Waals surface area contributed by atoms with E-state index in [4.69, 9.17) is 0 Å². The highest BCUT2D eigenvalue weighted by Gasteiger charge is 2.25. The number of anilines is 1. The Hall–Kier alpha value is -2.78. The molecule has 0 saturated heterocycles. The van der Waals surface area contributed by atoms with Gasteiger partial charge in [-0.1, -0.05) is 47.2 Å². The van der Waals surface area contributed by atoms with Crippen LogP contribution in [0.15, 0.2) is 65.0 Å². The molecule has 2 heterocycles. The van der Waals surface area contributed by atoms with Gasteiger partial charge in [-0.25, -0.2) is 8.42 Å². The second-order valence-electron chi connectivity index (χ2n) is 6.03. The summed E-state index contributed by atoms with van der Waals surface area (Å²) >= 11 is 1.39. The van der Waals surface area contributed by atoms with Crippen molar-refractivity contribution in [3.05, 3.63) is 71.5 Å². The first kappa shape index (κ1) is 17.6. The van der Waals surface area contributed by atoms with E-state index in [2.05, 4.69) is 15.3 Å². The van der Waals surface area contributed by atoms with Crippen LogP contribution in [0.3, 0.4) is 0 Å². The number of sulfonamides is 1. The molecule has 7 nitrogen and oxygen atoms in total. The van der Waals surface area contributed by atoms with Crippen molar-refractivity contribution >= 4 is 32.0 Å². The van der Waals surface area contributed by atoms with Crippen molar-refractivity contribution in [1.82, 2.24) is 19.8 Å². The van der Waals surface area contributed by atoms with Crippen LogP contribution >= 0.6 is 11.3 Å². The van der Waals surface area contributed by atoms with Crippen LogP contribution in [0.4, 0.5) is 5.69 Å². The zero-order valence-electron chi connectivity index (χ0n) is 14.6. The third-order valence-corrected chi connectivity index (χ3v) is 6.70. The van der Waals surface area contributed by atoms with Crippen LogP contribution in [0.25, 0.3) is 4.96 Å². The topological polar surface area (TPSA) is 80.5 Å². The number of para-hydroxylation sites is 1. The number of aromatic nitrogens is 4. The summed E-state index contributed by atoms with van der Waals surface area (Å²) < 4.78 is 29.6. The van der Waals surface area contributed by atoms with E-state index in [1.165, 1.54) is 15.6 Å². The van der Waals surface area contributed by atoms with E-state index >= 15 is 0 Å². The Morgan fingerprint density at radius 1 is 1.04 bits per heavy atom. The molecule has 0 spiro atoms. The standard InChI is InChI=1S/C18H17N5O2S2/c1-14-7-9-16(10-8-14)27(24,25)22(15-5-3-2-4-6-15)12-11-17-20-21-18-23(17)19-13-26-18/h2-10,13H,11-12H2,1H3. The first-order chi connectivity index (χ1) is 13.1. The first-order valence-corrected chi connectivity index (χ1v) is 10.7. The lowest BCUT2D eigenvalue weighted by Crippen LogP contribution is -2.33. The van der Waals surface area contributed by atoms with Crippen LogP contribution in [0.5, 0.6) is 0 Å². The van der Waals surface area contributed by atoms with Gasteiger partial charge < -0.3 is 0 Å². The van der Waals surface area contributed by atoms with Crippen molar-refractivity contribution in [3.8, 4) is 0 Å². The molecule has 4 aromatic rings. The SMILES string of the molecule is Cc1ccc(S(=O)(=O)N(CCc2nnc3scnn23)c2ccccc2)cc1. The van der Waals surface area contributed by atoms with Crippen molar-refractivity contribution in [3.63, 3.8) is 0 Å². The van der Waals surface area contributed by atoms with E-state index in [0.29, 0.717) is 22.9 Å². The minimum Gasteiger partial charge on any atom is -0.266 e. The Morgan fingerprint density at radius 3 is 2.52 bits per heavy atom. The van der Waals surface area contributed by atoms with Crippen molar-refractivity contribution in [2.75, 3.05) is 10.8 Å². The van der Waals surface area contributed by atoms with Crippen molar-refractivity contribution in [2.45, 2.75) is 18.2 Å². The molecule has 138 valence electrons. The fraction of sp³-hybridized carbons (Fsp3) is 0.167. The van der Waals surface area contributed by atoms with Crippen LogP contribution in [0, 0.1) is 6.92 Å².